The Hall–Kier alpha value is -0.580. The van der Waals surface area contributed by atoms with Crippen LogP contribution >= 0.6 is 0 Å². The molecule has 0 aromatic heterocycles. The molecule has 0 saturated carbocycles. The molecule has 1 heterocycles. The van der Waals surface area contributed by atoms with E-state index in [4.69, 9.17) is 0 Å². The molecular weight excluding hydrogens is 252 g/mol. The second-order valence-electron chi connectivity index (χ2n) is 6.56. The van der Waals surface area contributed by atoms with Crippen LogP contribution in [-0.4, -0.2) is 31.0 Å². The normalized spacial score (nSPS) is 24.9. The molecule has 0 aliphatic carbocycles. The van der Waals surface area contributed by atoms with Crippen molar-refractivity contribution in [3.63, 3.8) is 0 Å². The zero-order valence-corrected chi connectivity index (χ0v) is 12.3. The Morgan fingerprint density at radius 1 is 1.39 bits per heavy atom. The van der Waals surface area contributed by atoms with Gasteiger partial charge in [0.05, 0.1) is 17.4 Å². The molecule has 0 spiro atoms. The second kappa shape index (κ2) is 5.59. The van der Waals surface area contributed by atoms with Gasteiger partial charge in [0.1, 0.15) is 0 Å². The molecule has 1 rings (SSSR count). The zero-order valence-electron chi connectivity index (χ0n) is 11.5. The van der Waals surface area contributed by atoms with Crippen LogP contribution in [0, 0.1) is 17.3 Å². The summed E-state index contributed by atoms with van der Waals surface area (Å²) in [4.78, 5) is 11.3. The van der Waals surface area contributed by atoms with Crippen molar-refractivity contribution in [3.05, 3.63) is 0 Å². The number of sulfone groups is 1. The summed E-state index contributed by atoms with van der Waals surface area (Å²) in [5, 5.41) is 9.24. The number of hydrogen-bond donors (Lipinski definition) is 1. The lowest BCUT2D eigenvalue weighted by molar-refractivity contribution is -0.143. The van der Waals surface area contributed by atoms with Crippen LogP contribution in [0.1, 0.15) is 46.5 Å². The van der Waals surface area contributed by atoms with Crippen LogP contribution in [-0.2, 0) is 14.6 Å². The third-order valence-corrected chi connectivity index (χ3v) is 5.39. The Balaban J connectivity index is 2.54. The van der Waals surface area contributed by atoms with Crippen LogP contribution in [0.25, 0.3) is 0 Å². The molecule has 1 aliphatic rings. The van der Waals surface area contributed by atoms with E-state index in [0.29, 0.717) is 12.8 Å². The van der Waals surface area contributed by atoms with Crippen LogP contribution in [0.4, 0.5) is 0 Å². The first-order valence-electron chi connectivity index (χ1n) is 6.54. The molecule has 0 radical (unpaired) electrons. The van der Waals surface area contributed by atoms with Crippen LogP contribution in [0.5, 0.6) is 0 Å². The average Bonchev–Trinajstić information content (AvgIpc) is 2.51. The number of carbonyl (C=O) groups is 1. The summed E-state index contributed by atoms with van der Waals surface area (Å²) in [5.41, 5.74) is 0.199. The van der Waals surface area contributed by atoms with Gasteiger partial charge in [-0.15, -0.1) is 0 Å². The summed E-state index contributed by atoms with van der Waals surface area (Å²) in [6.07, 6.45) is 2.91. The number of hydrogen-bond acceptors (Lipinski definition) is 3. The molecule has 0 aromatic carbocycles. The first kappa shape index (κ1) is 15.5. The smallest absolute Gasteiger partial charge is 0.306 e. The summed E-state index contributed by atoms with van der Waals surface area (Å²) >= 11 is 0. The van der Waals surface area contributed by atoms with Crippen molar-refractivity contribution in [1.82, 2.24) is 0 Å². The van der Waals surface area contributed by atoms with Gasteiger partial charge in [-0.25, -0.2) is 8.42 Å². The zero-order chi connectivity index (χ0) is 14.0. The molecule has 4 nitrogen and oxygen atoms in total. The lowest BCUT2D eigenvalue weighted by Crippen LogP contribution is -2.25. The van der Waals surface area contributed by atoms with Gasteiger partial charge in [0.2, 0.25) is 0 Å². The quantitative estimate of drug-likeness (QED) is 0.836. The van der Waals surface area contributed by atoms with E-state index in [2.05, 4.69) is 20.8 Å². The van der Waals surface area contributed by atoms with E-state index in [9.17, 15) is 18.3 Å². The van der Waals surface area contributed by atoms with Gasteiger partial charge in [-0.2, -0.15) is 0 Å². The highest BCUT2D eigenvalue weighted by atomic mass is 32.2. The van der Waals surface area contributed by atoms with E-state index in [0.717, 1.165) is 12.8 Å². The lowest BCUT2D eigenvalue weighted by Gasteiger charge is -2.22. The molecule has 1 aliphatic heterocycles. The molecule has 0 amide bonds. The Bertz CT molecular complexity index is 392. The van der Waals surface area contributed by atoms with E-state index < -0.39 is 21.7 Å². The topological polar surface area (TPSA) is 71.4 Å². The maximum atomic E-state index is 11.4. The van der Waals surface area contributed by atoms with Crippen molar-refractivity contribution < 1.29 is 18.3 Å². The Morgan fingerprint density at radius 3 is 2.39 bits per heavy atom. The van der Waals surface area contributed by atoms with E-state index >= 15 is 0 Å². The Morgan fingerprint density at radius 2 is 2.00 bits per heavy atom. The summed E-state index contributed by atoms with van der Waals surface area (Å²) in [6, 6.07) is 0. The SMILES string of the molecule is CC(C)(C)CCCC(C(=O)O)C1CCS(=O)(=O)C1. The highest BCUT2D eigenvalue weighted by Gasteiger charge is 2.36. The van der Waals surface area contributed by atoms with Crippen molar-refractivity contribution in [1.29, 1.82) is 0 Å². The first-order chi connectivity index (χ1) is 8.11. The minimum absolute atomic E-state index is 0.0550. The van der Waals surface area contributed by atoms with Crippen molar-refractivity contribution in [3.8, 4) is 0 Å². The third-order valence-electron chi connectivity index (χ3n) is 3.60. The van der Waals surface area contributed by atoms with Crippen LogP contribution in [0.15, 0.2) is 0 Å². The number of carboxylic acid groups (broad SMARTS) is 1. The number of carboxylic acids is 1. The van der Waals surface area contributed by atoms with Gasteiger partial charge in [-0.1, -0.05) is 27.2 Å². The van der Waals surface area contributed by atoms with Gasteiger partial charge in [-0.05, 0) is 30.6 Å². The minimum atomic E-state index is -2.99. The molecule has 1 N–H and O–H groups in total. The Labute approximate surface area is 110 Å². The highest BCUT2D eigenvalue weighted by Crippen LogP contribution is 2.31. The van der Waals surface area contributed by atoms with Gasteiger partial charge >= 0.3 is 5.97 Å². The Kier molecular flexibility index (Phi) is 4.81. The van der Waals surface area contributed by atoms with Crippen molar-refractivity contribution in [2.45, 2.75) is 46.5 Å². The van der Waals surface area contributed by atoms with E-state index in [-0.39, 0.29) is 22.8 Å². The van der Waals surface area contributed by atoms with Gasteiger partial charge < -0.3 is 5.11 Å². The molecule has 0 bridgehead atoms. The molecule has 1 saturated heterocycles. The molecule has 106 valence electrons. The third kappa shape index (κ3) is 4.96. The van der Waals surface area contributed by atoms with Crippen LogP contribution < -0.4 is 0 Å². The molecule has 2 unspecified atom stereocenters. The maximum absolute atomic E-state index is 11.4. The van der Waals surface area contributed by atoms with E-state index in [1.165, 1.54) is 0 Å². The van der Waals surface area contributed by atoms with Gasteiger partial charge in [0.15, 0.2) is 9.84 Å². The average molecular weight is 276 g/mol. The summed E-state index contributed by atoms with van der Waals surface area (Å²) in [7, 11) is -2.99. The van der Waals surface area contributed by atoms with E-state index in [1.54, 1.807) is 0 Å². The molecular formula is C13H24O4S. The van der Waals surface area contributed by atoms with Gasteiger partial charge in [0.25, 0.3) is 0 Å². The first-order valence-corrected chi connectivity index (χ1v) is 8.36. The molecule has 5 heteroatoms. The van der Waals surface area contributed by atoms with Gasteiger partial charge in [-0.3, -0.25) is 4.79 Å². The lowest BCUT2D eigenvalue weighted by atomic mass is 9.83. The maximum Gasteiger partial charge on any atom is 0.306 e. The van der Waals surface area contributed by atoms with Crippen molar-refractivity contribution in [2.75, 3.05) is 11.5 Å². The fourth-order valence-corrected chi connectivity index (χ4v) is 4.43. The van der Waals surface area contributed by atoms with Crippen molar-refractivity contribution >= 4 is 15.8 Å². The van der Waals surface area contributed by atoms with E-state index in [1.807, 2.05) is 0 Å². The van der Waals surface area contributed by atoms with Gasteiger partial charge in [0, 0.05) is 0 Å². The number of rotatable bonds is 5. The monoisotopic (exact) mass is 276 g/mol. The largest absolute Gasteiger partial charge is 0.481 e. The predicted octanol–water partition coefficient (Wildman–Crippen LogP) is 2.34. The molecule has 0 aromatic rings. The van der Waals surface area contributed by atoms with Crippen LogP contribution in [0.2, 0.25) is 0 Å². The second-order valence-corrected chi connectivity index (χ2v) is 8.79. The fraction of sp³-hybridized carbons (Fsp3) is 0.923. The molecule has 2 atom stereocenters. The summed E-state index contributed by atoms with van der Waals surface area (Å²) in [6.45, 7) is 6.38. The summed E-state index contributed by atoms with van der Waals surface area (Å²) < 4.78 is 22.8. The predicted molar refractivity (Wildman–Crippen MR) is 71.2 cm³/mol. The van der Waals surface area contributed by atoms with Crippen LogP contribution in [0.3, 0.4) is 0 Å². The molecule has 18 heavy (non-hydrogen) atoms. The van der Waals surface area contributed by atoms with Crippen molar-refractivity contribution in [2.24, 2.45) is 17.3 Å². The number of aliphatic carboxylic acids is 1. The summed E-state index contributed by atoms with van der Waals surface area (Å²) in [5.74, 6) is -1.32. The highest BCUT2D eigenvalue weighted by molar-refractivity contribution is 7.91. The minimum Gasteiger partial charge on any atom is -0.481 e. The standard InChI is InChI=1S/C13H24O4S/c1-13(2,3)7-4-5-11(12(14)15)10-6-8-18(16,17)9-10/h10-11H,4-9H2,1-3H3,(H,14,15). The fourth-order valence-electron chi connectivity index (χ4n) is 2.55. The molecule has 1 fully saturated rings.